The van der Waals surface area contributed by atoms with Crippen LogP contribution in [0.15, 0.2) is 63.0 Å². The molecule has 2 aromatic carbocycles. The van der Waals surface area contributed by atoms with E-state index in [4.69, 9.17) is 0 Å². The molecule has 7 heteroatoms. The van der Waals surface area contributed by atoms with Crippen LogP contribution in [0, 0.1) is 0 Å². The number of benzene rings is 2. The number of fused-ring (bicyclic) bond motifs is 1. The summed E-state index contributed by atoms with van der Waals surface area (Å²) in [5, 5.41) is 0.569. The highest BCUT2D eigenvalue weighted by molar-refractivity contribution is 7.99. The van der Waals surface area contributed by atoms with Crippen molar-refractivity contribution in [1.82, 2.24) is 14.5 Å². The number of anilines is 1. The third-order valence-corrected chi connectivity index (χ3v) is 6.82. The van der Waals surface area contributed by atoms with E-state index in [1.54, 1.807) is 12.1 Å². The first-order chi connectivity index (χ1) is 15.2. The Morgan fingerprint density at radius 3 is 2.42 bits per heavy atom. The highest BCUT2D eigenvalue weighted by Crippen LogP contribution is 2.30. The van der Waals surface area contributed by atoms with E-state index in [0.717, 1.165) is 51.3 Å². The van der Waals surface area contributed by atoms with E-state index in [0.29, 0.717) is 17.4 Å². The van der Waals surface area contributed by atoms with Crippen molar-refractivity contribution in [2.45, 2.75) is 31.2 Å². The summed E-state index contributed by atoms with van der Waals surface area (Å²) < 4.78 is 1.34. The number of rotatable bonds is 8. The molecule has 1 aromatic heterocycles. The van der Waals surface area contributed by atoms with E-state index >= 15 is 0 Å². The SMILES string of the molecule is CCSc1ccccc1N1CCN(CCCCn2c(=O)[nH]c3ccccc3c2=O)CC1. The van der Waals surface area contributed by atoms with E-state index in [-0.39, 0.29) is 11.2 Å². The molecule has 0 atom stereocenters. The van der Waals surface area contributed by atoms with Crippen molar-refractivity contribution in [3.8, 4) is 0 Å². The zero-order valence-electron chi connectivity index (χ0n) is 18.0. The molecule has 0 saturated carbocycles. The largest absolute Gasteiger partial charge is 0.368 e. The number of H-pyrrole nitrogens is 1. The summed E-state index contributed by atoms with van der Waals surface area (Å²) in [6.45, 7) is 7.80. The molecule has 0 aliphatic carbocycles. The van der Waals surface area contributed by atoms with Crippen molar-refractivity contribution in [1.29, 1.82) is 0 Å². The fourth-order valence-electron chi connectivity index (χ4n) is 4.22. The predicted octanol–water partition coefficient (Wildman–Crippen LogP) is 3.40. The number of aromatic amines is 1. The van der Waals surface area contributed by atoms with Crippen molar-refractivity contribution in [3.63, 3.8) is 0 Å². The Balaban J connectivity index is 1.27. The van der Waals surface area contributed by atoms with Gasteiger partial charge >= 0.3 is 5.69 Å². The number of piperazine rings is 1. The number of unbranched alkanes of at least 4 members (excludes halogenated alkanes) is 1. The van der Waals surface area contributed by atoms with Gasteiger partial charge in [0.2, 0.25) is 0 Å². The van der Waals surface area contributed by atoms with E-state index in [1.165, 1.54) is 15.1 Å². The van der Waals surface area contributed by atoms with Gasteiger partial charge in [0.05, 0.1) is 16.6 Å². The molecule has 1 fully saturated rings. The van der Waals surface area contributed by atoms with Crippen LogP contribution in [0.2, 0.25) is 0 Å². The molecule has 0 amide bonds. The number of hydrogen-bond donors (Lipinski definition) is 1. The Bertz CT molecular complexity index is 1130. The summed E-state index contributed by atoms with van der Waals surface area (Å²) in [4.78, 5) is 34.1. The van der Waals surface area contributed by atoms with Crippen LogP contribution in [0.3, 0.4) is 0 Å². The first-order valence-corrected chi connectivity index (χ1v) is 12.1. The molecule has 0 radical (unpaired) electrons. The van der Waals surface area contributed by atoms with Gasteiger partial charge in [-0.3, -0.25) is 14.3 Å². The highest BCUT2D eigenvalue weighted by Gasteiger charge is 2.18. The number of para-hydroxylation sites is 2. The summed E-state index contributed by atoms with van der Waals surface area (Å²) >= 11 is 1.90. The molecule has 0 bridgehead atoms. The van der Waals surface area contributed by atoms with Crippen LogP contribution < -0.4 is 16.1 Å². The maximum atomic E-state index is 12.6. The highest BCUT2D eigenvalue weighted by atomic mass is 32.2. The summed E-state index contributed by atoms with van der Waals surface area (Å²) in [6, 6.07) is 15.9. The van der Waals surface area contributed by atoms with Crippen molar-refractivity contribution in [3.05, 3.63) is 69.4 Å². The van der Waals surface area contributed by atoms with E-state index < -0.39 is 0 Å². The van der Waals surface area contributed by atoms with Crippen LogP contribution in [0.1, 0.15) is 19.8 Å². The van der Waals surface area contributed by atoms with Gasteiger partial charge in [-0.15, -0.1) is 11.8 Å². The van der Waals surface area contributed by atoms with Gasteiger partial charge in [0.1, 0.15) is 0 Å². The van der Waals surface area contributed by atoms with Gasteiger partial charge in [-0.1, -0.05) is 31.2 Å². The van der Waals surface area contributed by atoms with Crippen molar-refractivity contribution < 1.29 is 0 Å². The zero-order valence-corrected chi connectivity index (χ0v) is 18.9. The minimum absolute atomic E-state index is 0.198. The minimum atomic E-state index is -0.319. The molecule has 6 nitrogen and oxygen atoms in total. The topological polar surface area (TPSA) is 61.3 Å². The lowest BCUT2D eigenvalue weighted by Gasteiger charge is -2.37. The summed E-state index contributed by atoms with van der Waals surface area (Å²) in [7, 11) is 0. The molecule has 4 rings (SSSR count). The first-order valence-electron chi connectivity index (χ1n) is 11.1. The Kier molecular flexibility index (Phi) is 7.14. The molecule has 164 valence electrons. The number of aromatic nitrogens is 2. The van der Waals surface area contributed by atoms with Gasteiger partial charge in [0.15, 0.2) is 0 Å². The lowest BCUT2D eigenvalue weighted by molar-refractivity contribution is 0.250. The van der Waals surface area contributed by atoms with Gasteiger partial charge in [0, 0.05) is 37.6 Å². The second-order valence-corrected chi connectivity index (χ2v) is 9.17. The molecule has 3 aromatic rings. The van der Waals surface area contributed by atoms with Crippen LogP contribution >= 0.6 is 11.8 Å². The van der Waals surface area contributed by atoms with Gasteiger partial charge in [-0.2, -0.15) is 0 Å². The molecular weight excluding hydrogens is 408 g/mol. The first kappa shape index (κ1) is 21.7. The fourth-order valence-corrected chi connectivity index (χ4v) is 5.05. The van der Waals surface area contributed by atoms with Gasteiger partial charge in [-0.25, -0.2) is 4.79 Å². The van der Waals surface area contributed by atoms with Crippen molar-refractivity contribution in [2.75, 3.05) is 43.4 Å². The molecule has 31 heavy (non-hydrogen) atoms. The normalized spacial score (nSPS) is 14.9. The van der Waals surface area contributed by atoms with E-state index in [1.807, 2.05) is 23.9 Å². The van der Waals surface area contributed by atoms with E-state index in [9.17, 15) is 9.59 Å². The van der Waals surface area contributed by atoms with Gasteiger partial charge in [-0.05, 0) is 49.4 Å². The monoisotopic (exact) mass is 438 g/mol. The quantitative estimate of drug-likeness (QED) is 0.431. The maximum absolute atomic E-state index is 12.6. The predicted molar refractivity (Wildman–Crippen MR) is 130 cm³/mol. The number of hydrogen-bond acceptors (Lipinski definition) is 5. The standard InChI is InChI=1S/C24H30N4O2S/c1-2-31-22-12-6-5-11-21(22)27-17-15-26(16-18-27)13-7-8-14-28-23(29)19-9-3-4-10-20(19)25-24(28)30/h3-6,9-12H,2,7-8,13-18H2,1H3,(H,25,30). The summed E-state index contributed by atoms with van der Waals surface area (Å²) in [5.41, 5.74) is 1.44. The van der Waals surface area contributed by atoms with Crippen molar-refractivity contribution in [2.24, 2.45) is 0 Å². The number of thioether (sulfide) groups is 1. The molecule has 0 unspecified atom stereocenters. The Morgan fingerprint density at radius 2 is 1.61 bits per heavy atom. The molecule has 1 aliphatic rings. The molecule has 2 heterocycles. The average Bonchev–Trinajstić information content (AvgIpc) is 2.79. The summed E-state index contributed by atoms with van der Waals surface area (Å²) in [5.74, 6) is 1.08. The average molecular weight is 439 g/mol. The van der Waals surface area contributed by atoms with E-state index in [2.05, 4.69) is 46.0 Å². The van der Waals surface area contributed by atoms with Gasteiger partial charge in [0.25, 0.3) is 5.56 Å². The molecule has 0 spiro atoms. The van der Waals surface area contributed by atoms with Crippen LogP contribution in [-0.4, -0.2) is 52.9 Å². The maximum Gasteiger partial charge on any atom is 0.328 e. The minimum Gasteiger partial charge on any atom is -0.368 e. The molecular formula is C24H30N4O2S. The molecule has 1 saturated heterocycles. The second kappa shape index (κ2) is 10.2. The Labute approximate surface area is 186 Å². The third kappa shape index (κ3) is 5.05. The number of nitrogens with zero attached hydrogens (tertiary/aromatic N) is 3. The number of nitrogens with one attached hydrogen (secondary N) is 1. The smallest absolute Gasteiger partial charge is 0.328 e. The second-order valence-electron chi connectivity index (χ2n) is 7.87. The Hall–Kier alpha value is -2.51. The van der Waals surface area contributed by atoms with Gasteiger partial charge < -0.3 is 9.88 Å². The van der Waals surface area contributed by atoms with Crippen molar-refractivity contribution >= 4 is 28.4 Å². The lowest BCUT2D eigenvalue weighted by Crippen LogP contribution is -2.46. The lowest BCUT2D eigenvalue weighted by atomic mass is 10.2. The Morgan fingerprint density at radius 1 is 0.903 bits per heavy atom. The van der Waals surface area contributed by atoms with Crippen LogP contribution in [0.5, 0.6) is 0 Å². The summed E-state index contributed by atoms with van der Waals surface area (Å²) in [6.07, 6.45) is 1.79. The zero-order chi connectivity index (χ0) is 21.6. The van der Waals surface area contributed by atoms with Crippen LogP contribution in [0.4, 0.5) is 5.69 Å². The third-order valence-electron chi connectivity index (χ3n) is 5.87. The fraction of sp³-hybridized carbons (Fsp3) is 0.417. The molecule has 1 aliphatic heterocycles. The molecule has 1 N–H and O–H groups in total. The van der Waals surface area contributed by atoms with Crippen LogP contribution in [0.25, 0.3) is 10.9 Å². The van der Waals surface area contributed by atoms with Crippen LogP contribution in [-0.2, 0) is 6.54 Å².